The molecular formula is C10H15N5S. The Morgan fingerprint density at radius 1 is 1.44 bits per heavy atom. The molecule has 0 aliphatic heterocycles. The molecule has 0 spiro atoms. The third-order valence-corrected chi connectivity index (χ3v) is 3.43. The summed E-state index contributed by atoms with van der Waals surface area (Å²) in [6, 6.07) is 0.308. The van der Waals surface area contributed by atoms with Gasteiger partial charge in [-0.2, -0.15) is 5.10 Å². The summed E-state index contributed by atoms with van der Waals surface area (Å²) in [5, 5.41) is 20.4. The van der Waals surface area contributed by atoms with Gasteiger partial charge in [-0.3, -0.25) is 5.10 Å². The lowest BCUT2D eigenvalue weighted by Crippen LogP contribution is -2.19. The fraction of sp³-hybridized carbons (Fsp3) is 0.500. The van der Waals surface area contributed by atoms with Crippen molar-refractivity contribution < 1.29 is 0 Å². The quantitative estimate of drug-likeness (QED) is 0.834. The van der Waals surface area contributed by atoms with Crippen LogP contribution in [0.15, 0.2) is 12.4 Å². The van der Waals surface area contributed by atoms with Crippen LogP contribution in [0.3, 0.4) is 0 Å². The van der Waals surface area contributed by atoms with Gasteiger partial charge in [0.25, 0.3) is 0 Å². The Labute approximate surface area is 98.3 Å². The lowest BCUT2D eigenvalue weighted by molar-refractivity contribution is 0.531. The Kier molecular flexibility index (Phi) is 3.63. The molecule has 6 heteroatoms. The van der Waals surface area contributed by atoms with Crippen LogP contribution in [0.4, 0.5) is 0 Å². The summed E-state index contributed by atoms with van der Waals surface area (Å²) in [4.78, 5) is 0. The van der Waals surface area contributed by atoms with E-state index in [1.165, 1.54) is 0 Å². The number of nitrogens with zero attached hydrogens (tertiary/aromatic N) is 3. The van der Waals surface area contributed by atoms with Crippen LogP contribution in [-0.4, -0.2) is 26.9 Å². The van der Waals surface area contributed by atoms with Crippen molar-refractivity contribution >= 4 is 11.3 Å². The van der Waals surface area contributed by atoms with E-state index in [0.29, 0.717) is 6.04 Å². The van der Waals surface area contributed by atoms with E-state index in [4.69, 9.17) is 0 Å². The predicted molar refractivity (Wildman–Crippen MR) is 64.2 cm³/mol. The van der Waals surface area contributed by atoms with Gasteiger partial charge in [0.1, 0.15) is 5.01 Å². The molecule has 0 aliphatic rings. The fourth-order valence-electron chi connectivity index (χ4n) is 1.51. The molecule has 2 rings (SSSR count). The van der Waals surface area contributed by atoms with E-state index >= 15 is 0 Å². The first-order valence-electron chi connectivity index (χ1n) is 5.41. The van der Waals surface area contributed by atoms with E-state index in [1.54, 1.807) is 17.5 Å². The van der Waals surface area contributed by atoms with Gasteiger partial charge in [0, 0.05) is 6.20 Å². The second-order valence-electron chi connectivity index (χ2n) is 3.45. The normalized spacial score (nSPS) is 12.9. The van der Waals surface area contributed by atoms with Crippen LogP contribution in [0.25, 0.3) is 10.6 Å². The average Bonchev–Trinajstić information content (AvgIpc) is 2.95. The summed E-state index contributed by atoms with van der Waals surface area (Å²) in [5.74, 6) is 0. The van der Waals surface area contributed by atoms with Crippen LogP contribution >= 0.6 is 11.3 Å². The van der Waals surface area contributed by atoms with Crippen LogP contribution in [0.2, 0.25) is 0 Å². The van der Waals surface area contributed by atoms with Gasteiger partial charge in [0.2, 0.25) is 0 Å². The molecule has 0 aliphatic carbocycles. The second-order valence-corrected chi connectivity index (χ2v) is 4.46. The number of aromatic nitrogens is 4. The third-order valence-electron chi connectivity index (χ3n) is 2.34. The average molecular weight is 237 g/mol. The smallest absolute Gasteiger partial charge is 0.151 e. The highest BCUT2D eigenvalue weighted by atomic mass is 32.1. The predicted octanol–water partition coefficient (Wildman–Crippen LogP) is 1.99. The Morgan fingerprint density at radius 2 is 2.31 bits per heavy atom. The Balaban J connectivity index is 2.18. The number of nitrogens with one attached hydrogen (secondary N) is 2. The van der Waals surface area contributed by atoms with Gasteiger partial charge in [-0.05, 0) is 13.0 Å². The van der Waals surface area contributed by atoms with Crippen molar-refractivity contribution in [2.45, 2.75) is 26.3 Å². The Morgan fingerprint density at radius 3 is 2.94 bits per heavy atom. The van der Waals surface area contributed by atoms with Gasteiger partial charge in [-0.25, -0.2) is 0 Å². The monoisotopic (exact) mass is 237 g/mol. The van der Waals surface area contributed by atoms with Crippen molar-refractivity contribution in [2.24, 2.45) is 0 Å². The van der Waals surface area contributed by atoms with Gasteiger partial charge in [-0.1, -0.05) is 25.2 Å². The van der Waals surface area contributed by atoms with Gasteiger partial charge in [-0.15, -0.1) is 10.2 Å². The molecule has 2 aromatic rings. The lowest BCUT2D eigenvalue weighted by Gasteiger charge is -2.10. The summed E-state index contributed by atoms with van der Waals surface area (Å²) in [6.45, 7) is 5.19. The summed E-state index contributed by atoms with van der Waals surface area (Å²) in [7, 11) is 0. The zero-order valence-electron chi connectivity index (χ0n) is 9.40. The minimum absolute atomic E-state index is 0.308. The standard InChI is InChI=1S/C10H15N5S/c1-3-8(11-4-2)10-15-14-9(16-10)7-5-12-13-6-7/h5-6,8,11H,3-4H2,1-2H3,(H,12,13). The summed E-state index contributed by atoms with van der Waals surface area (Å²) >= 11 is 1.62. The van der Waals surface area contributed by atoms with Crippen molar-refractivity contribution in [1.29, 1.82) is 0 Å². The summed E-state index contributed by atoms with van der Waals surface area (Å²) < 4.78 is 0. The van der Waals surface area contributed by atoms with Crippen molar-refractivity contribution in [3.05, 3.63) is 17.4 Å². The first kappa shape index (κ1) is 11.2. The number of hydrogen-bond acceptors (Lipinski definition) is 5. The van der Waals surface area contributed by atoms with Crippen LogP contribution in [0.5, 0.6) is 0 Å². The van der Waals surface area contributed by atoms with E-state index < -0.39 is 0 Å². The van der Waals surface area contributed by atoms with Gasteiger partial charge >= 0.3 is 0 Å². The maximum atomic E-state index is 4.23. The highest BCUT2D eigenvalue weighted by Gasteiger charge is 2.14. The molecule has 0 saturated heterocycles. The van der Waals surface area contributed by atoms with Crippen molar-refractivity contribution in [2.75, 3.05) is 6.54 Å². The first-order valence-corrected chi connectivity index (χ1v) is 6.22. The van der Waals surface area contributed by atoms with E-state index in [0.717, 1.165) is 28.5 Å². The molecule has 2 aromatic heterocycles. The molecule has 86 valence electrons. The van der Waals surface area contributed by atoms with Gasteiger partial charge < -0.3 is 5.32 Å². The maximum absolute atomic E-state index is 4.23. The molecule has 1 unspecified atom stereocenters. The number of rotatable bonds is 5. The highest BCUT2D eigenvalue weighted by Crippen LogP contribution is 2.27. The zero-order valence-corrected chi connectivity index (χ0v) is 10.2. The molecule has 0 radical (unpaired) electrons. The van der Waals surface area contributed by atoms with E-state index in [2.05, 4.69) is 39.6 Å². The van der Waals surface area contributed by atoms with Crippen LogP contribution in [-0.2, 0) is 0 Å². The minimum atomic E-state index is 0.308. The topological polar surface area (TPSA) is 66.5 Å². The maximum Gasteiger partial charge on any atom is 0.151 e. The van der Waals surface area contributed by atoms with E-state index in [1.807, 2.05) is 6.20 Å². The number of hydrogen-bond donors (Lipinski definition) is 2. The molecule has 0 saturated carbocycles. The molecule has 0 bridgehead atoms. The summed E-state index contributed by atoms with van der Waals surface area (Å²) in [5.41, 5.74) is 0.995. The van der Waals surface area contributed by atoms with E-state index in [-0.39, 0.29) is 0 Å². The lowest BCUT2D eigenvalue weighted by atomic mass is 10.2. The fourth-order valence-corrected chi connectivity index (χ4v) is 2.50. The van der Waals surface area contributed by atoms with Crippen LogP contribution < -0.4 is 5.32 Å². The van der Waals surface area contributed by atoms with Crippen LogP contribution in [0.1, 0.15) is 31.3 Å². The van der Waals surface area contributed by atoms with Crippen LogP contribution in [0, 0.1) is 0 Å². The molecule has 16 heavy (non-hydrogen) atoms. The molecule has 0 fully saturated rings. The molecule has 0 amide bonds. The molecule has 2 heterocycles. The molecule has 5 nitrogen and oxygen atoms in total. The Bertz CT molecular complexity index is 422. The second kappa shape index (κ2) is 5.18. The molecular weight excluding hydrogens is 222 g/mol. The zero-order chi connectivity index (χ0) is 11.4. The molecule has 2 N–H and O–H groups in total. The largest absolute Gasteiger partial charge is 0.308 e. The number of aromatic amines is 1. The summed E-state index contributed by atoms with van der Waals surface area (Å²) in [6.07, 6.45) is 4.62. The molecule has 0 aromatic carbocycles. The first-order chi connectivity index (χ1) is 7.85. The van der Waals surface area contributed by atoms with Gasteiger partial charge in [0.15, 0.2) is 5.01 Å². The van der Waals surface area contributed by atoms with Crippen molar-refractivity contribution in [3.63, 3.8) is 0 Å². The molecule has 1 atom stereocenters. The SMILES string of the molecule is CCNC(CC)c1nnc(-c2cn[nH]c2)s1. The third kappa shape index (κ3) is 2.28. The van der Waals surface area contributed by atoms with Crippen molar-refractivity contribution in [1.82, 2.24) is 25.7 Å². The highest BCUT2D eigenvalue weighted by molar-refractivity contribution is 7.14. The van der Waals surface area contributed by atoms with E-state index in [9.17, 15) is 0 Å². The Hall–Kier alpha value is -1.27. The minimum Gasteiger partial charge on any atom is -0.308 e. The van der Waals surface area contributed by atoms with Crippen molar-refractivity contribution in [3.8, 4) is 10.6 Å². The van der Waals surface area contributed by atoms with Gasteiger partial charge in [0.05, 0.1) is 17.8 Å². The number of H-pyrrole nitrogens is 1.